The molecule has 1 fully saturated rings. The van der Waals surface area contributed by atoms with Crippen molar-refractivity contribution in [2.24, 2.45) is 11.8 Å². The van der Waals surface area contributed by atoms with Gasteiger partial charge in [-0.3, -0.25) is 4.90 Å². The van der Waals surface area contributed by atoms with Crippen LogP contribution in [0.2, 0.25) is 0 Å². The first-order chi connectivity index (χ1) is 15.8. The van der Waals surface area contributed by atoms with E-state index in [0.29, 0.717) is 47.5 Å². The summed E-state index contributed by atoms with van der Waals surface area (Å²) in [6, 6.07) is 1.52. The van der Waals surface area contributed by atoms with Crippen LogP contribution in [-0.2, 0) is 9.47 Å². The minimum Gasteiger partial charge on any atom is -0.449 e. The molecule has 0 aromatic carbocycles. The Morgan fingerprint density at radius 3 is 2.53 bits per heavy atom. The maximum atomic E-state index is 13.4. The minimum atomic E-state index is -0.980. The van der Waals surface area contributed by atoms with Gasteiger partial charge < -0.3 is 19.9 Å². The van der Waals surface area contributed by atoms with Crippen molar-refractivity contribution in [1.82, 2.24) is 14.6 Å². The average Bonchev–Trinajstić information content (AvgIpc) is 3.10. The number of rotatable bonds is 7. The Bertz CT molecular complexity index is 990. The maximum Gasteiger partial charge on any atom is 0.415 e. The summed E-state index contributed by atoms with van der Waals surface area (Å²) in [5.41, 5.74) is -1.01. The third-order valence-electron chi connectivity index (χ3n) is 6.01. The van der Waals surface area contributed by atoms with Gasteiger partial charge in [0, 0.05) is 24.8 Å². The number of hydrogen-bond acceptors (Lipinski definition) is 7. The van der Waals surface area contributed by atoms with Gasteiger partial charge in [0.25, 0.3) is 0 Å². The van der Waals surface area contributed by atoms with Crippen LogP contribution in [0.3, 0.4) is 0 Å². The van der Waals surface area contributed by atoms with Crippen LogP contribution in [0.1, 0.15) is 61.3 Å². The molecule has 9 nitrogen and oxygen atoms in total. The highest BCUT2D eigenvalue weighted by molar-refractivity contribution is 9.10. The molecule has 0 aliphatic carbocycles. The van der Waals surface area contributed by atoms with Crippen molar-refractivity contribution >= 4 is 39.3 Å². The van der Waals surface area contributed by atoms with Gasteiger partial charge in [0.15, 0.2) is 5.65 Å². The van der Waals surface area contributed by atoms with Crippen molar-refractivity contribution in [1.29, 1.82) is 0 Å². The number of hydrogen-bond donors (Lipinski definition) is 2. The summed E-state index contributed by atoms with van der Waals surface area (Å²) in [4.78, 5) is 19.7. The van der Waals surface area contributed by atoms with Crippen molar-refractivity contribution in [3.63, 3.8) is 0 Å². The van der Waals surface area contributed by atoms with Gasteiger partial charge in [-0.05, 0) is 75.2 Å². The van der Waals surface area contributed by atoms with Crippen LogP contribution in [0.5, 0.6) is 0 Å². The zero-order valence-corrected chi connectivity index (χ0v) is 22.8. The highest BCUT2D eigenvalue weighted by atomic mass is 79.9. The number of nitrogens with one attached hydrogen (secondary N) is 1. The Kier molecular flexibility index (Phi) is 8.14. The molecule has 1 atom stereocenters. The molecule has 3 heterocycles. The lowest BCUT2D eigenvalue weighted by Crippen LogP contribution is -2.48. The standard InChI is InChI=1S/C24H38BrN5O4/c1-15(2)20(24(6,7)32)27-18-12-19(30-21(28-18)17(25)13-26-30)29(23(3,4)5)22(31)34-14-16-8-10-33-11-9-16/h12-13,15-16,20,32H,8-11,14H2,1-7H3,(H,27,28)/t20-/m0/s1. The van der Waals surface area contributed by atoms with E-state index >= 15 is 0 Å². The van der Waals surface area contributed by atoms with Gasteiger partial charge in [-0.15, -0.1) is 0 Å². The predicted molar refractivity (Wildman–Crippen MR) is 136 cm³/mol. The Balaban J connectivity index is 2.00. The molecule has 10 heteroatoms. The van der Waals surface area contributed by atoms with Crippen LogP contribution in [0.25, 0.3) is 5.65 Å². The molecule has 3 rings (SSSR count). The fourth-order valence-electron chi connectivity index (χ4n) is 4.35. The number of carbonyl (C=O) groups excluding carboxylic acids is 1. The zero-order chi connectivity index (χ0) is 25.3. The fourth-order valence-corrected chi connectivity index (χ4v) is 4.70. The quantitative estimate of drug-likeness (QED) is 0.517. The average molecular weight is 541 g/mol. The van der Waals surface area contributed by atoms with Crippen molar-refractivity contribution in [2.45, 2.75) is 78.5 Å². The van der Waals surface area contributed by atoms with Crippen LogP contribution >= 0.6 is 15.9 Å². The maximum absolute atomic E-state index is 13.4. The largest absolute Gasteiger partial charge is 0.449 e. The monoisotopic (exact) mass is 539 g/mol. The normalized spacial score (nSPS) is 16.6. The van der Waals surface area contributed by atoms with Gasteiger partial charge in [-0.1, -0.05) is 13.8 Å². The highest BCUT2D eigenvalue weighted by Gasteiger charge is 2.35. The Morgan fingerprint density at radius 2 is 1.97 bits per heavy atom. The molecule has 2 aromatic heterocycles. The van der Waals surface area contributed by atoms with E-state index in [1.165, 1.54) is 0 Å². The molecule has 0 bridgehead atoms. The number of ether oxygens (including phenoxy) is 2. The summed E-state index contributed by atoms with van der Waals surface area (Å²) in [7, 11) is 0. The summed E-state index contributed by atoms with van der Waals surface area (Å²) in [5, 5.41) is 18.6. The number of anilines is 2. The molecule has 1 amide bonds. The SMILES string of the molecule is CC(C)[C@H](Nc1cc(N(C(=O)OCC2CCOCC2)C(C)(C)C)n2ncc(Br)c2n1)C(C)(C)O. The molecule has 2 aromatic rings. The molecule has 34 heavy (non-hydrogen) atoms. The fraction of sp³-hybridized carbons (Fsp3) is 0.708. The van der Waals surface area contributed by atoms with E-state index < -0.39 is 17.2 Å². The molecule has 190 valence electrons. The van der Waals surface area contributed by atoms with Crippen molar-refractivity contribution in [2.75, 3.05) is 30.0 Å². The lowest BCUT2D eigenvalue weighted by atomic mass is 9.89. The molecule has 2 N–H and O–H groups in total. The van der Waals surface area contributed by atoms with E-state index in [4.69, 9.17) is 14.5 Å². The molecule has 1 aliphatic rings. The van der Waals surface area contributed by atoms with Gasteiger partial charge in [0.2, 0.25) is 0 Å². The van der Waals surface area contributed by atoms with Crippen LogP contribution in [0, 0.1) is 11.8 Å². The molecular formula is C24H38BrN5O4. The van der Waals surface area contributed by atoms with E-state index in [2.05, 4.69) is 26.3 Å². The summed E-state index contributed by atoms with van der Waals surface area (Å²) >= 11 is 3.52. The summed E-state index contributed by atoms with van der Waals surface area (Å²) in [6.45, 7) is 15.2. The first kappa shape index (κ1) is 26.7. The molecule has 0 saturated carbocycles. The van der Waals surface area contributed by atoms with Crippen molar-refractivity contribution < 1.29 is 19.4 Å². The van der Waals surface area contributed by atoms with Gasteiger partial charge in [-0.25, -0.2) is 9.78 Å². The van der Waals surface area contributed by atoms with E-state index in [9.17, 15) is 9.90 Å². The highest BCUT2D eigenvalue weighted by Crippen LogP contribution is 2.31. The summed E-state index contributed by atoms with van der Waals surface area (Å²) < 4.78 is 13.5. The Hall–Kier alpha value is -1.91. The first-order valence-corrected chi connectivity index (χ1v) is 12.7. The number of amides is 1. The Labute approximate surface area is 210 Å². The number of aromatic nitrogens is 3. The van der Waals surface area contributed by atoms with Crippen molar-refractivity contribution in [3.05, 3.63) is 16.7 Å². The zero-order valence-electron chi connectivity index (χ0n) is 21.3. The molecular weight excluding hydrogens is 502 g/mol. The van der Waals surface area contributed by atoms with E-state index in [-0.39, 0.29) is 12.0 Å². The number of aliphatic hydroxyl groups is 1. The second-order valence-corrected chi connectivity index (χ2v) is 11.7. The molecule has 1 saturated heterocycles. The van der Waals surface area contributed by atoms with Gasteiger partial charge in [0.1, 0.15) is 11.6 Å². The predicted octanol–water partition coefficient (Wildman–Crippen LogP) is 4.87. The third-order valence-corrected chi connectivity index (χ3v) is 6.57. The topological polar surface area (TPSA) is 101 Å². The molecule has 1 aliphatic heterocycles. The minimum absolute atomic E-state index is 0.137. The number of carbonyl (C=O) groups is 1. The number of fused-ring (bicyclic) bond motifs is 1. The number of nitrogens with zero attached hydrogens (tertiary/aromatic N) is 4. The van der Waals surface area contributed by atoms with E-state index in [0.717, 1.165) is 12.8 Å². The van der Waals surface area contributed by atoms with Gasteiger partial charge in [-0.2, -0.15) is 9.61 Å². The smallest absolute Gasteiger partial charge is 0.415 e. The van der Waals surface area contributed by atoms with Crippen LogP contribution in [-0.4, -0.2) is 62.8 Å². The first-order valence-electron chi connectivity index (χ1n) is 11.9. The summed E-state index contributed by atoms with van der Waals surface area (Å²) in [6.07, 6.45) is 2.98. The molecule has 0 radical (unpaired) electrons. The van der Waals surface area contributed by atoms with Crippen molar-refractivity contribution in [3.8, 4) is 0 Å². The summed E-state index contributed by atoms with van der Waals surface area (Å²) in [5.74, 6) is 1.50. The van der Waals surface area contributed by atoms with Crippen LogP contribution in [0.4, 0.5) is 16.4 Å². The second kappa shape index (κ2) is 10.4. The Morgan fingerprint density at radius 1 is 1.32 bits per heavy atom. The van der Waals surface area contributed by atoms with Gasteiger partial charge >= 0.3 is 6.09 Å². The third kappa shape index (κ3) is 6.20. The van der Waals surface area contributed by atoms with E-state index in [1.807, 2.05) is 34.6 Å². The lowest BCUT2D eigenvalue weighted by molar-refractivity contribution is 0.0385. The van der Waals surface area contributed by atoms with Gasteiger partial charge in [0.05, 0.1) is 28.9 Å². The van der Waals surface area contributed by atoms with Crippen LogP contribution < -0.4 is 10.2 Å². The number of halogens is 1. The van der Waals surface area contributed by atoms with E-state index in [1.54, 1.807) is 35.5 Å². The lowest BCUT2D eigenvalue weighted by Gasteiger charge is -2.36. The molecule has 0 unspecified atom stereocenters. The van der Waals surface area contributed by atoms with Crippen LogP contribution in [0.15, 0.2) is 16.7 Å². The second-order valence-electron chi connectivity index (χ2n) is 10.9. The molecule has 0 spiro atoms.